The average Bonchev–Trinajstić information content (AvgIpc) is 2.84. The molecule has 3 nitrogen and oxygen atoms in total. The molecule has 0 aromatic carbocycles. The van der Waals surface area contributed by atoms with Crippen molar-refractivity contribution in [2.75, 3.05) is 0 Å². The van der Waals surface area contributed by atoms with Crippen molar-refractivity contribution in [3.05, 3.63) is 23.5 Å². The molecule has 1 aliphatic carbocycles. The average molecular weight is 192 g/mol. The Labute approximate surface area is 84.2 Å². The van der Waals surface area contributed by atoms with Crippen molar-refractivity contribution in [1.82, 2.24) is 10.3 Å². The van der Waals surface area contributed by atoms with E-state index in [9.17, 15) is 5.11 Å². The summed E-state index contributed by atoms with van der Waals surface area (Å²) in [5.74, 6) is 1.07. The zero-order valence-corrected chi connectivity index (χ0v) is 8.62. The quantitative estimate of drug-likeness (QED) is 0.764. The molecule has 1 heterocycles. The van der Waals surface area contributed by atoms with Crippen LogP contribution in [0, 0.1) is 12.8 Å². The summed E-state index contributed by atoms with van der Waals surface area (Å²) in [4.78, 5) is 4.28. The lowest BCUT2D eigenvalue weighted by atomic mass is 10.3. The van der Waals surface area contributed by atoms with Crippen molar-refractivity contribution in [2.24, 2.45) is 5.92 Å². The number of aryl methyl sites for hydroxylation is 1. The highest BCUT2D eigenvalue weighted by Crippen LogP contribution is 2.29. The second-order valence-electron chi connectivity index (χ2n) is 4.12. The van der Waals surface area contributed by atoms with Gasteiger partial charge in [-0.05, 0) is 31.4 Å². The van der Waals surface area contributed by atoms with Crippen LogP contribution in [-0.4, -0.2) is 16.1 Å². The van der Waals surface area contributed by atoms with Crippen LogP contribution in [0.5, 0.6) is 5.75 Å². The van der Waals surface area contributed by atoms with E-state index in [0.29, 0.717) is 12.6 Å². The van der Waals surface area contributed by atoms with Gasteiger partial charge in [0.25, 0.3) is 0 Å². The molecule has 76 valence electrons. The number of nitrogens with zero attached hydrogens (tertiary/aromatic N) is 1. The molecule has 0 spiro atoms. The first-order valence-electron chi connectivity index (χ1n) is 5.05. The molecule has 0 saturated heterocycles. The Morgan fingerprint density at radius 1 is 1.57 bits per heavy atom. The largest absolute Gasteiger partial charge is 0.506 e. The van der Waals surface area contributed by atoms with Crippen molar-refractivity contribution >= 4 is 0 Å². The molecule has 0 aliphatic heterocycles. The Hall–Kier alpha value is -1.09. The topological polar surface area (TPSA) is 45.1 Å². The Kier molecular flexibility index (Phi) is 2.42. The number of hydrogen-bond acceptors (Lipinski definition) is 3. The van der Waals surface area contributed by atoms with Gasteiger partial charge in [-0.2, -0.15) is 0 Å². The van der Waals surface area contributed by atoms with Gasteiger partial charge in [0.05, 0.1) is 5.69 Å². The maximum atomic E-state index is 9.53. The molecule has 2 unspecified atom stereocenters. The second kappa shape index (κ2) is 3.58. The van der Waals surface area contributed by atoms with Crippen molar-refractivity contribution < 1.29 is 5.11 Å². The molecule has 0 bridgehead atoms. The van der Waals surface area contributed by atoms with Crippen molar-refractivity contribution in [1.29, 1.82) is 0 Å². The van der Waals surface area contributed by atoms with Gasteiger partial charge < -0.3 is 10.4 Å². The highest BCUT2D eigenvalue weighted by molar-refractivity contribution is 5.27. The summed E-state index contributed by atoms with van der Waals surface area (Å²) in [7, 11) is 0. The molecule has 1 fully saturated rings. The van der Waals surface area contributed by atoms with E-state index >= 15 is 0 Å². The fraction of sp³-hybridized carbons (Fsp3) is 0.545. The number of aromatic nitrogens is 1. The Morgan fingerprint density at radius 2 is 2.29 bits per heavy atom. The van der Waals surface area contributed by atoms with Gasteiger partial charge in [-0.25, -0.2) is 0 Å². The van der Waals surface area contributed by atoms with E-state index in [1.54, 1.807) is 6.07 Å². The lowest BCUT2D eigenvalue weighted by Gasteiger charge is -2.05. The van der Waals surface area contributed by atoms with Crippen LogP contribution in [0.4, 0.5) is 0 Å². The zero-order chi connectivity index (χ0) is 10.1. The Bertz CT molecular complexity index is 338. The molecule has 3 heteroatoms. The molecular weight excluding hydrogens is 176 g/mol. The maximum absolute atomic E-state index is 9.53. The van der Waals surface area contributed by atoms with Crippen molar-refractivity contribution in [3.63, 3.8) is 0 Å². The van der Waals surface area contributed by atoms with Crippen LogP contribution in [0.2, 0.25) is 0 Å². The monoisotopic (exact) mass is 192 g/mol. The minimum atomic E-state index is 0.288. The molecule has 0 radical (unpaired) electrons. The summed E-state index contributed by atoms with van der Waals surface area (Å²) in [6.45, 7) is 4.83. The number of aromatic hydroxyl groups is 1. The SMILES string of the molecule is Cc1ccc(O)c(CNC2CC2C)n1. The highest BCUT2D eigenvalue weighted by Gasteiger charge is 2.31. The van der Waals surface area contributed by atoms with E-state index in [1.807, 2.05) is 13.0 Å². The third kappa shape index (κ3) is 2.04. The number of hydrogen-bond donors (Lipinski definition) is 2. The molecule has 2 atom stereocenters. The second-order valence-corrected chi connectivity index (χ2v) is 4.12. The maximum Gasteiger partial charge on any atom is 0.138 e. The fourth-order valence-electron chi connectivity index (χ4n) is 1.57. The van der Waals surface area contributed by atoms with Crippen LogP contribution >= 0.6 is 0 Å². The van der Waals surface area contributed by atoms with Crippen LogP contribution in [0.25, 0.3) is 0 Å². The molecular formula is C11H16N2O. The first-order valence-corrected chi connectivity index (χ1v) is 5.05. The van der Waals surface area contributed by atoms with Crippen LogP contribution < -0.4 is 5.32 Å². The molecule has 14 heavy (non-hydrogen) atoms. The van der Waals surface area contributed by atoms with Crippen LogP contribution in [0.15, 0.2) is 12.1 Å². The summed E-state index contributed by atoms with van der Waals surface area (Å²) in [5, 5.41) is 12.9. The smallest absolute Gasteiger partial charge is 0.138 e. The third-order valence-electron chi connectivity index (χ3n) is 2.73. The number of nitrogens with one attached hydrogen (secondary N) is 1. The van der Waals surface area contributed by atoms with E-state index < -0.39 is 0 Å². The van der Waals surface area contributed by atoms with Crippen LogP contribution in [0.1, 0.15) is 24.7 Å². The zero-order valence-electron chi connectivity index (χ0n) is 8.62. The van der Waals surface area contributed by atoms with E-state index in [-0.39, 0.29) is 5.75 Å². The Morgan fingerprint density at radius 3 is 2.93 bits per heavy atom. The lowest BCUT2D eigenvalue weighted by molar-refractivity contribution is 0.458. The molecule has 1 saturated carbocycles. The molecule has 2 rings (SSSR count). The summed E-state index contributed by atoms with van der Waals surface area (Å²) in [6, 6.07) is 4.14. The molecule has 1 aromatic heterocycles. The molecule has 0 amide bonds. The molecule has 1 aromatic rings. The minimum Gasteiger partial charge on any atom is -0.506 e. The van der Waals surface area contributed by atoms with Crippen molar-refractivity contribution in [3.8, 4) is 5.75 Å². The van der Waals surface area contributed by atoms with Crippen LogP contribution in [0.3, 0.4) is 0 Å². The van der Waals surface area contributed by atoms with Gasteiger partial charge >= 0.3 is 0 Å². The van der Waals surface area contributed by atoms with Gasteiger partial charge in [0.2, 0.25) is 0 Å². The lowest BCUT2D eigenvalue weighted by Crippen LogP contribution is -2.18. The van der Waals surface area contributed by atoms with Gasteiger partial charge in [-0.3, -0.25) is 4.98 Å². The number of rotatable bonds is 3. The highest BCUT2D eigenvalue weighted by atomic mass is 16.3. The third-order valence-corrected chi connectivity index (χ3v) is 2.73. The summed E-state index contributed by atoms with van der Waals surface area (Å²) in [5.41, 5.74) is 1.70. The predicted molar refractivity (Wildman–Crippen MR) is 55.0 cm³/mol. The van der Waals surface area contributed by atoms with Gasteiger partial charge in [0.15, 0.2) is 0 Å². The minimum absolute atomic E-state index is 0.288. The first-order chi connectivity index (χ1) is 6.66. The molecule has 2 N–H and O–H groups in total. The van der Waals surface area contributed by atoms with Crippen LogP contribution in [-0.2, 0) is 6.54 Å². The normalized spacial score (nSPS) is 25.0. The standard InChI is InChI=1S/C11H16N2O/c1-7-5-9(7)12-6-10-11(14)4-3-8(2)13-10/h3-4,7,9,12,14H,5-6H2,1-2H3. The van der Waals surface area contributed by atoms with E-state index in [1.165, 1.54) is 6.42 Å². The van der Waals surface area contributed by atoms with E-state index in [2.05, 4.69) is 17.2 Å². The van der Waals surface area contributed by atoms with Crippen molar-refractivity contribution in [2.45, 2.75) is 32.9 Å². The van der Waals surface area contributed by atoms with Gasteiger partial charge in [-0.15, -0.1) is 0 Å². The van der Waals surface area contributed by atoms with Gasteiger partial charge in [-0.1, -0.05) is 6.92 Å². The molecule has 1 aliphatic rings. The summed E-state index contributed by atoms with van der Waals surface area (Å²) < 4.78 is 0. The van der Waals surface area contributed by atoms with E-state index in [0.717, 1.165) is 17.3 Å². The first kappa shape index (κ1) is 9.46. The summed E-state index contributed by atoms with van der Waals surface area (Å²) >= 11 is 0. The number of pyridine rings is 1. The van der Waals surface area contributed by atoms with E-state index in [4.69, 9.17) is 0 Å². The summed E-state index contributed by atoms with van der Waals surface area (Å²) in [6.07, 6.45) is 1.24. The van der Waals surface area contributed by atoms with Gasteiger partial charge in [0.1, 0.15) is 5.75 Å². The Balaban J connectivity index is 1.97. The predicted octanol–water partition coefficient (Wildman–Crippen LogP) is 1.59. The van der Waals surface area contributed by atoms with Gasteiger partial charge in [0, 0.05) is 18.3 Å². The fourth-order valence-corrected chi connectivity index (χ4v) is 1.57.